The van der Waals surface area contributed by atoms with Gasteiger partial charge in [-0.25, -0.2) is 8.42 Å². The molecule has 0 aliphatic heterocycles. The van der Waals surface area contributed by atoms with E-state index in [0.29, 0.717) is 10.8 Å². The summed E-state index contributed by atoms with van der Waals surface area (Å²) in [6.45, 7) is 4.73. The maximum Gasteiger partial charge on any atom is 0.178 e. The van der Waals surface area contributed by atoms with Crippen LogP contribution in [0.3, 0.4) is 0 Å². The molecule has 1 rings (SSSR count). The van der Waals surface area contributed by atoms with E-state index in [2.05, 4.69) is 12.2 Å². The molecule has 0 saturated heterocycles. The minimum atomic E-state index is -3.12. The van der Waals surface area contributed by atoms with Crippen molar-refractivity contribution in [2.75, 3.05) is 24.2 Å². The largest absolute Gasteiger partial charge is 0.396 e. The van der Waals surface area contributed by atoms with Gasteiger partial charge in [0.2, 0.25) is 0 Å². The number of benzene rings is 1. The van der Waals surface area contributed by atoms with Crippen LogP contribution in [0.4, 0.5) is 5.69 Å². The molecule has 5 heteroatoms. The predicted molar refractivity (Wildman–Crippen MR) is 78.1 cm³/mol. The normalized spacial score (nSPS) is 13.2. The Balaban J connectivity index is 2.62. The smallest absolute Gasteiger partial charge is 0.178 e. The van der Waals surface area contributed by atoms with Crippen molar-refractivity contribution in [2.24, 2.45) is 5.92 Å². The lowest BCUT2D eigenvalue weighted by Gasteiger charge is -2.15. The summed E-state index contributed by atoms with van der Waals surface area (Å²) in [4.78, 5) is 0.364. The molecule has 1 atom stereocenters. The monoisotopic (exact) mass is 285 g/mol. The minimum absolute atomic E-state index is 0.119. The molecule has 4 nitrogen and oxygen atoms in total. The highest BCUT2D eigenvalue weighted by Gasteiger charge is 2.11. The Labute approximate surface area is 115 Å². The van der Waals surface area contributed by atoms with Gasteiger partial charge < -0.3 is 10.4 Å². The van der Waals surface area contributed by atoms with Gasteiger partial charge in [0.05, 0.1) is 10.6 Å². The molecule has 1 aromatic rings. The van der Waals surface area contributed by atoms with Gasteiger partial charge in [0.25, 0.3) is 0 Å². The van der Waals surface area contributed by atoms with E-state index < -0.39 is 9.84 Å². The molecule has 0 radical (unpaired) electrons. The van der Waals surface area contributed by atoms with Crippen LogP contribution in [0.15, 0.2) is 29.2 Å². The lowest BCUT2D eigenvalue weighted by atomic mass is 10.0. The Hall–Kier alpha value is -1.07. The van der Waals surface area contributed by atoms with E-state index in [1.807, 2.05) is 0 Å². The van der Waals surface area contributed by atoms with Crippen molar-refractivity contribution in [3.63, 3.8) is 0 Å². The summed E-state index contributed by atoms with van der Waals surface area (Å²) in [5.41, 5.74) is 0.909. The van der Waals surface area contributed by atoms with Crippen molar-refractivity contribution >= 4 is 15.5 Å². The number of aliphatic hydroxyl groups is 1. The lowest BCUT2D eigenvalue weighted by molar-refractivity contribution is 0.258. The number of nitrogens with one attached hydrogen (secondary N) is 1. The van der Waals surface area contributed by atoms with Crippen LogP contribution in [0.2, 0.25) is 0 Å². The van der Waals surface area contributed by atoms with Crippen molar-refractivity contribution in [1.82, 2.24) is 0 Å². The fraction of sp³-hybridized carbons (Fsp3) is 0.571. The van der Waals surface area contributed by atoms with Crippen LogP contribution in [0, 0.1) is 5.92 Å². The zero-order chi connectivity index (χ0) is 14.3. The topological polar surface area (TPSA) is 66.4 Å². The van der Waals surface area contributed by atoms with Gasteiger partial charge in [0.1, 0.15) is 0 Å². The Bertz CT molecular complexity index is 468. The number of hydrogen-bond donors (Lipinski definition) is 2. The molecule has 0 aliphatic rings. The van der Waals surface area contributed by atoms with Crippen LogP contribution in [-0.2, 0) is 9.84 Å². The molecule has 1 aromatic carbocycles. The van der Waals surface area contributed by atoms with Crippen molar-refractivity contribution in [1.29, 1.82) is 0 Å². The summed E-state index contributed by atoms with van der Waals surface area (Å²) in [7, 11) is -3.12. The summed E-state index contributed by atoms with van der Waals surface area (Å²) < 4.78 is 23.3. The fourth-order valence-corrected chi connectivity index (χ4v) is 2.73. The standard InChI is InChI=1S/C14H23NO3S/c1-3-12(9-10-16)11-15-13-5-7-14(8-6-13)19(17,18)4-2/h5-8,12,15-16H,3-4,9-11H2,1-2H3. The summed E-state index contributed by atoms with van der Waals surface area (Å²) in [6, 6.07) is 6.84. The molecule has 0 saturated carbocycles. The third kappa shape index (κ3) is 4.84. The van der Waals surface area contributed by atoms with Crippen LogP contribution >= 0.6 is 0 Å². The summed E-state index contributed by atoms with van der Waals surface area (Å²) in [5, 5.41) is 12.2. The molecule has 0 aliphatic carbocycles. The third-order valence-electron chi connectivity index (χ3n) is 3.30. The second-order valence-corrected chi connectivity index (χ2v) is 6.87. The molecule has 108 valence electrons. The van der Waals surface area contributed by atoms with Crippen LogP contribution in [0.25, 0.3) is 0 Å². The molecule has 0 heterocycles. The van der Waals surface area contributed by atoms with Crippen molar-refractivity contribution in [3.05, 3.63) is 24.3 Å². The van der Waals surface area contributed by atoms with Gasteiger partial charge in [0, 0.05) is 18.8 Å². The number of sulfone groups is 1. The van der Waals surface area contributed by atoms with Crippen LogP contribution in [0.1, 0.15) is 26.7 Å². The first-order chi connectivity index (χ1) is 9.03. The molecule has 0 spiro atoms. The SMILES string of the molecule is CCC(CCO)CNc1ccc(S(=O)(=O)CC)cc1. The Kier molecular flexibility index (Phi) is 6.31. The van der Waals surface area contributed by atoms with Gasteiger partial charge in [-0.3, -0.25) is 0 Å². The number of rotatable bonds is 8. The summed E-state index contributed by atoms with van der Waals surface area (Å²) in [5.74, 6) is 0.554. The summed E-state index contributed by atoms with van der Waals surface area (Å²) in [6.07, 6.45) is 1.79. The van der Waals surface area contributed by atoms with E-state index in [9.17, 15) is 8.42 Å². The second kappa shape index (κ2) is 7.50. The second-order valence-electron chi connectivity index (χ2n) is 4.60. The molecule has 2 N–H and O–H groups in total. The molecule has 0 bridgehead atoms. The van der Waals surface area contributed by atoms with Crippen LogP contribution in [-0.4, -0.2) is 32.4 Å². The van der Waals surface area contributed by atoms with Gasteiger partial charge in [-0.15, -0.1) is 0 Å². The van der Waals surface area contributed by atoms with E-state index in [-0.39, 0.29) is 12.4 Å². The minimum Gasteiger partial charge on any atom is -0.396 e. The van der Waals surface area contributed by atoms with Gasteiger partial charge >= 0.3 is 0 Å². The van der Waals surface area contributed by atoms with Crippen LogP contribution in [0.5, 0.6) is 0 Å². The zero-order valence-corrected chi connectivity index (χ0v) is 12.4. The number of aliphatic hydroxyl groups excluding tert-OH is 1. The Morgan fingerprint density at radius 3 is 2.32 bits per heavy atom. The zero-order valence-electron chi connectivity index (χ0n) is 11.6. The predicted octanol–water partition coefficient (Wildman–Crippen LogP) is 2.30. The average molecular weight is 285 g/mol. The third-order valence-corrected chi connectivity index (χ3v) is 5.05. The molecule has 1 unspecified atom stereocenters. The number of anilines is 1. The molecule has 0 amide bonds. The molecular weight excluding hydrogens is 262 g/mol. The van der Waals surface area contributed by atoms with E-state index in [0.717, 1.165) is 25.1 Å². The van der Waals surface area contributed by atoms with E-state index in [4.69, 9.17) is 5.11 Å². The van der Waals surface area contributed by atoms with Gasteiger partial charge in [-0.05, 0) is 36.6 Å². The fourth-order valence-electron chi connectivity index (χ4n) is 1.84. The maximum atomic E-state index is 11.7. The summed E-state index contributed by atoms with van der Waals surface area (Å²) >= 11 is 0. The molecule has 0 fully saturated rings. The van der Waals surface area contributed by atoms with Gasteiger partial charge in [0.15, 0.2) is 9.84 Å². The average Bonchev–Trinajstić information content (AvgIpc) is 2.44. The Morgan fingerprint density at radius 2 is 1.84 bits per heavy atom. The van der Waals surface area contributed by atoms with Crippen molar-refractivity contribution in [2.45, 2.75) is 31.6 Å². The highest BCUT2D eigenvalue weighted by atomic mass is 32.2. The lowest BCUT2D eigenvalue weighted by Crippen LogP contribution is -2.15. The first-order valence-corrected chi connectivity index (χ1v) is 8.36. The van der Waals surface area contributed by atoms with Crippen molar-refractivity contribution in [3.8, 4) is 0 Å². The maximum absolute atomic E-state index is 11.7. The highest BCUT2D eigenvalue weighted by Crippen LogP contribution is 2.16. The molecular formula is C14H23NO3S. The molecule has 19 heavy (non-hydrogen) atoms. The number of hydrogen-bond acceptors (Lipinski definition) is 4. The quantitative estimate of drug-likeness (QED) is 0.769. The first kappa shape index (κ1) is 16.0. The Morgan fingerprint density at radius 1 is 1.21 bits per heavy atom. The van der Waals surface area contributed by atoms with Crippen molar-refractivity contribution < 1.29 is 13.5 Å². The van der Waals surface area contributed by atoms with E-state index >= 15 is 0 Å². The highest BCUT2D eigenvalue weighted by molar-refractivity contribution is 7.91. The van der Waals surface area contributed by atoms with Crippen LogP contribution < -0.4 is 5.32 Å². The first-order valence-electron chi connectivity index (χ1n) is 6.71. The van der Waals surface area contributed by atoms with E-state index in [1.165, 1.54) is 0 Å². The van der Waals surface area contributed by atoms with E-state index in [1.54, 1.807) is 31.2 Å². The van der Waals surface area contributed by atoms with Gasteiger partial charge in [-0.2, -0.15) is 0 Å². The van der Waals surface area contributed by atoms with Gasteiger partial charge in [-0.1, -0.05) is 20.3 Å². The molecule has 0 aromatic heterocycles.